The second-order valence-corrected chi connectivity index (χ2v) is 7.93. The molecule has 2 aromatic carbocycles. The molecule has 1 amide bonds. The molecule has 5 nitrogen and oxygen atoms in total. The fraction of sp³-hybridized carbons (Fsp3) is 0.261. The van der Waals surface area contributed by atoms with Gasteiger partial charge in [0.2, 0.25) is 5.91 Å². The van der Waals surface area contributed by atoms with E-state index in [-0.39, 0.29) is 11.5 Å². The van der Waals surface area contributed by atoms with Crippen molar-refractivity contribution < 1.29 is 4.79 Å². The third-order valence-corrected chi connectivity index (χ3v) is 5.85. The van der Waals surface area contributed by atoms with Gasteiger partial charge in [-0.1, -0.05) is 55.1 Å². The van der Waals surface area contributed by atoms with Crippen LogP contribution in [0.25, 0.3) is 11.3 Å². The molecule has 2 N–H and O–H groups in total. The van der Waals surface area contributed by atoms with E-state index in [1.165, 1.54) is 6.07 Å². The maximum Gasteiger partial charge on any atom is 0.264 e. The average molecular weight is 408 g/mol. The van der Waals surface area contributed by atoms with E-state index in [2.05, 4.69) is 15.5 Å². The molecule has 1 aromatic heterocycles. The fourth-order valence-electron chi connectivity index (χ4n) is 4.10. The Kier molecular flexibility index (Phi) is 5.49. The van der Waals surface area contributed by atoms with Crippen LogP contribution in [0.3, 0.4) is 0 Å². The van der Waals surface area contributed by atoms with Crippen molar-refractivity contribution in [2.45, 2.75) is 37.5 Å². The van der Waals surface area contributed by atoms with E-state index in [9.17, 15) is 9.59 Å². The zero-order valence-corrected chi connectivity index (χ0v) is 16.7. The highest BCUT2D eigenvalue weighted by atomic mass is 35.5. The van der Waals surface area contributed by atoms with Gasteiger partial charge in [-0.2, -0.15) is 5.10 Å². The molecular weight excluding hydrogens is 386 g/mol. The van der Waals surface area contributed by atoms with Gasteiger partial charge in [0.25, 0.3) is 5.56 Å². The summed E-state index contributed by atoms with van der Waals surface area (Å²) in [5.74, 6) is -0.00829. The van der Waals surface area contributed by atoms with Crippen LogP contribution in [0.15, 0.2) is 65.5 Å². The predicted octanol–water partition coefficient (Wildman–Crippen LogP) is 4.93. The van der Waals surface area contributed by atoms with Crippen LogP contribution < -0.4 is 10.9 Å². The van der Waals surface area contributed by atoms with Crippen LogP contribution in [0.2, 0.25) is 5.02 Å². The summed E-state index contributed by atoms with van der Waals surface area (Å²) in [5.41, 5.74) is 2.31. The van der Waals surface area contributed by atoms with Crippen molar-refractivity contribution in [3.05, 3.63) is 81.6 Å². The Hall–Kier alpha value is -2.92. The van der Waals surface area contributed by atoms with Crippen LogP contribution in [0.5, 0.6) is 0 Å². The first-order valence-corrected chi connectivity index (χ1v) is 10.2. The minimum Gasteiger partial charge on any atom is -0.325 e. The van der Waals surface area contributed by atoms with Crippen molar-refractivity contribution in [1.29, 1.82) is 0 Å². The topological polar surface area (TPSA) is 74.8 Å². The molecule has 1 heterocycles. The molecule has 29 heavy (non-hydrogen) atoms. The Bertz CT molecular complexity index is 1070. The number of H-pyrrole nitrogens is 1. The van der Waals surface area contributed by atoms with Gasteiger partial charge in [-0.3, -0.25) is 9.59 Å². The van der Waals surface area contributed by atoms with Crippen molar-refractivity contribution in [1.82, 2.24) is 10.2 Å². The van der Waals surface area contributed by atoms with Gasteiger partial charge in [-0.05, 0) is 48.7 Å². The number of nitrogens with zero attached hydrogens (tertiary/aromatic N) is 1. The van der Waals surface area contributed by atoms with Crippen LogP contribution in [-0.2, 0) is 10.2 Å². The minimum atomic E-state index is -0.574. The van der Waals surface area contributed by atoms with Crippen molar-refractivity contribution in [3.8, 4) is 11.3 Å². The summed E-state index contributed by atoms with van der Waals surface area (Å²) in [4.78, 5) is 24.7. The summed E-state index contributed by atoms with van der Waals surface area (Å²) in [7, 11) is 0. The normalized spacial score (nSPS) is 15.6. The third kappa shape index (κ3) is 4.10. The quantitative estimate of drug-likeness (QED) is 0.643. The lowest BCUT2D eigenvalue weighted by atomic mass is 9.68. The number of rotatable bonds is 4. The molecule has 1 aliphatic carbocycles. The molecule has 0 bridgehead atoms. The van der Waals surface area contributed by atoms with Crippen molar-refractivity contribution >= 4 is 23.2 Å². The molecule has 1 saturated carbocycles. The summed E-state index contributed by atoms with van der Waals surface area (Å²) >= 11 is 6.23. The monoisotopic (exact) mass is 407 g/mol. The Morgan fingerprint density at radius 2 is 1.79 bits per heavy atom. The lowest BCUT2D eigenvalue weighted by molar-refractivity contribution is -0.122. The van der Waals surface area contributed by atoms with Crippen LogP contribution in [-0.4, -0.2) is 16.1 Å². The van der Waals surface area contributed by atoms with E-state index in [1.54, 1.807) is 6.07 Å². The number of carbonyl (C=O) groups excluding carboxylic acids is 1. The van der Waals surface area contributed by atoms with Gasteiger partial charge in [0.15, 0.2) is 0 Å². The molecule has 0 aliphatic heterocycles. The summed E-state index contributed by atoms with van der Waals surface area (Å²) in [6, 6.07) is 18.2. The lowest BCUT2D eigenvalue weighted by Gasteiger charge is -2.36. The molecule has 4 rings (SSSR count). The number of anilines is 1. The largest absolute Gasteiger partial charge is 0.325 e. The first-order valence-electron chi connectivity index (χ1n) is 9.80. The van der Waals surface area contributed by atoms with E-state index in [1.807, 2.05) is 48.5 Å². The van der Waals surface area contributed by atoms with Gasteiger partial charge in [-0.15, -0.1) is 0 Å². The zero-order valence-electron chi connectivity index (χ0n) is 16.0. The van der Waals surface area contributed by atoms with Gasteiger partial charge < -0.3 is 5.32 Å². The molecule has 0 saturated heterocycles. The average Bonchev–Trinajstić information content (AvgIpc) is 2.75. The Morgan fingerprint density at radius 1 is 1.00 bits per heavy atom. The van der Waals surface area contributed by atoms with E-state index < -0.39 is 5.41 Å². The van der Waals surface area contributed by atoms with Crippen molar-refractivity contribution in [2.24, 2.45) is 0 Å². The SMILES string of the molecule is O=C(Nc1cccc(-c2ccc(=O)[nH]n2)c1)C1(c2cccc(Cl)c2)CCCCC1. The second kappa shape index (κ2) is 8.21. The summed E-state index contributed by atoms with van der Waals surface area (Å²) in [6.45, 7) is 0. The number of carbonyl (C=O) groups is 1. The number of aromatic amines is 1. The van der Waals surface area contributed by atoms with E-state index in [0.717, 1.165) is 43.2 Å². The maximum absolute atomic E-state index is 13.5. The van der Waals surface area contributed by atoms with Crippen LogP contribution in [0, 0.1) is 0 Å². The number of halogens is 1. The summed E-state index contributed by atoms with van der Waals surface area (Å²) in [5, 5.41) is 10.3. The van der Waals surface area contributed by atoms with E-state index >= 15 is 0 Å². The molecule has 1 fully saturated rings. The molecule has 148 valence electrons. The maximum atomic E-state index is 13.5. The van der Waals surface area contributed by atoms with Gasteiger partial charge in [0, 0.05) is 22.3 Å². The van der Waals surface area contributed by atoms with Gasteiger partial charge in [0.1, 0.15) is 0 Å². The number of hydrogen-bond donors (Lipinski definition) is 2. The summed E-state index contributed by atoms with van der Waals surface area (Å²) < 4.78 is 0. The first kappa shape index (κ1) is 19.4. The Morgan fingerprint density at radius 3 is 2.52 bits per heavy atom. The zero-order chi connectivity index (χ0) is 20.3. The molecular formula is C23H22ClN3O2. The highest BCUT2D eigenvalue weighted by molar-refractivity contribution is 6.30. The second-order valence-electron chi connectivity index (χ2n) is 7.49. The standard InChI is InChI=1S/C23H22ClN3O2/c24-18-8-5-7-17(15-18)23(12-2-1-3-13-23)22(29)25-19-9-4-6-16(14-19)20-10-11-21(28)27-26-20/h4-11,14-15H,1-3,12-13H2,(H,25,29)(H,27,28). The molecule has 6 heteroatoms. The van der Waals surface area contributed by atoms with Gasteiger partial charge >= 0.3 is 0 Å². The highest BCUT2D eigenvalue weighted by Gasteiger charge is 2.41. The molecule has 1 aliphatic rings. The Labute approximate surface area is 174 Å². The molecule has 0 atom stereocenters. The molecule has 0 unspecified atom stereocenters. The number of nitrogens with one attached hydrogen (secondary N) is 2. The van der Waals surface area contributed by atoms with Crippen LogP contribution in [0.1, 0.15) is 37.7 Å². The molecule has 0 spiro atoms. The first-order chi connectivity index (χ1) is 14.1. The number of amides is 1. The molecule has 0 radical (unpaired) electrons. The van der Waals surface area contributed by atoms with Crippen LogP contribution >= 0.6 is 11.6 Å². The van der Waals surface area contributed by atoms with E-state index in [4.69, 9.17) is 11.6 Å². The fourth-order valence-corrected chi connectivity index (χ4v) is 4.29. The molecule has 3 aromatic rings. The number of aromatic nitrogens is 2. The number of benzene rings is 2. The van der Waals surface area contributed by atoms with Crippen molar-refractivity contribution in [3.63, 3.8) is 0 Å². The summed E-state index contributed by atoms with van der Waals surface area (Å²) in [6.07, 6.45) is 4.78. The highest BCUT2D eigenvalue weighted by Crippen LogP contribution is 2.41. The van der Waals surface area contributed by atoms with E-state index in [0.29, 0.717) is 16.4 Å². The third-order valence-electron chi connectivity index (χ3n) is 5.61. The Balaban J connectivity index is 1.64. The predicted molar refractivity (Wildman–Crippen MR) is 115 cm³/mol. The van der Waals surface area contributed by atoms with Crippen molar-refractivity contribution in [2.75, 3.05) is 5.32 Å². The lowest BCUT2D eigenvalue weighted by Crippen LogP contribution is -2.42. The van der Waals surface area contributed by atoms with Gasteiger partial charge in [0.05, 0.1) is 11.1 Å². The van der Waals surface area contributed by atoms with Gasteiger partial charge in [-0.25, -0.2) is 5.10 Å². The smallest absolute Gasteiger partial charge is 0.264 e. The minimum absolute atomic E-state index is 0.00829. The van der Waals surface area contributed by atoms with Crippen LogP contribution in [0.4, 0.5) is 5.69 Å². The number of hydrogen-bond acceptors (Lipinski definition) is 3.